The Bertz CT molecular complexity index is 238. The van der Waals surface area contributed by atoms with Crippen molar-refractivity contribution in [2.45, 2.75) is 33.6 Å². The lowest BCUT2D eigenvalue weighted by atomic mass is 9.96. The van der Waals surface area contributed by atoms with Crippen molar-refractivity contribution in [2.24, 2.45) is 23.7 Å². The first-order valence-corrected chi connectivity index (χ1v) is 5.92. The fraction of sp³-hybridized carbons (Fsp3) is 0.917. The van der Waals surface area contributed by atoms with Gasteiger partial charge in [0.15, 0.2) is 0 Å². The third kappa shape index (κ3) is 1.67. The van der Waals surface area contributed by atoms with E-state index >= 15 is 0 Å². The van der Waals surface area contributed by atoms with Gasteiger partial charge in [0, 0.05) is 19.0 Å². The highest BCUT2D eigenvalue weighted by Crippen LogP contribution is 2.40. The van der Waals surface area contributed by atoms with Crippen molar-refractivity contribution in [1.29, 1.82) is 0 Å². The van der Waals surface area contributed by atoms with E-state index in [-0.39, 0.29) is 0 Å². The van der Waals surface area contributed by atoms with Gasteiger partial charge in [0.25, 0.3) is 0 Å². The van der Waals surface area contributed by atoms with Crippen LogP contribution in [0.3, 0.4) is 0 Å². The molecule has 4 atom stereocenters. The summed E-state index contributed by atoms with van der Waals surface area (Å²) in [6.07, 6.45) is 2.34. The van der Waals surface area contributed by atoms with Crippen molar-refractivity contribution >= 4 is 5.91 Å². The SMILES string of the molecule is CC[C@H]1CN(C(=O)C2CC2C)C[C@H]1C. The number of hydrogen-bond acceptors (Lipinski definition) is 1. The maximum atomic E-state index is 12.0. The predicted octanol–water partition coefficient (Wildman–Crippen LogP) is 2.15. The Morgan fingerprint density at radius 1 is 1.29 bits per heavy atom. The van der Waals surface area contributed by atoms with Crippen LogP contribution in [-0.4, -0.2) is 23.9 Å². The fourth-order valence-electron chi connectivity index (χ4n) is 2.65. The molecule has 2 rings (SSSR count). The highest BCUT2D eigenvalue weighted by molar-refractivity contribution is 5.81. The van der Waals surface area contributed by atoms with Crippen molar-refractivity contribution in [3.8, 4) is 0 Å². The number of hydrogen-bond donors (Lipinski definition) is 0. The Labute approximate surface area is 86.7 Å². The maximum Gasteiger partial charge on any atom is 0.225 e. The fourth-order valence-corrected chi connectivity index (χ4v) is 2.65. The van der Waals surface area contributed by atoms with Crippen LogP contribution in [0.1, 0.15) is 33.6 Å². The van der Waals surface area contributed by atoms with Gasteiger partial charge in [0.05, 0.1) is 0 Å². The summed E-state index contributed by atoms with van der Waals surface area (Å²) in [5.74, 6) is 2.91. The molecule has 2 nitrogen and oxygen atoms in total. The van der Waals surface area contributed by atoms with Gasteiger partial charge in [-0.25, -0.2) is 0 Å². The lowest BCUT2D eigenvalue weighted by Crippen LogP contribution is -2.30. The van der Waals surface area contributed by atoms with Crippen LogP contribution in [0.2, 0.25) is 0 Å². The van der Waals surface area contributed by atoms with Gasteiger partial charge >= 0.3 is 0 Å². The molecule has 0 aromatic heterocycles. The summed E-state index contributed by atoms with van der Waals surface area (Å²) in [6, 6.07) is 0. The Morgan fingerprint density at radius 3 is 2.36 bits per heavy atom. The molecule has 14 heavy (non-hydrogen) atoms. The minimum atomic E-state index is 0.373. The van der Waals surface area contributed by atoms with E-state index in [0.29, 0.717) is 23.7 Å². The van der Waals surface area contributed by atoms with Crippen molar-refractivity contribution in [3.63, 3.8) is 0 Å². The van der Waals surface area contributed by atoms with E-state index < -0.39 is 0 Å². The highest BCUT2D eigenvalue weighted by atomic mass is 16.2. The molecule has 1 aliphatic carbocycles. The Morgan fingerprint density at radius 2 is 1.93 bits per heavy atom. The second-order valence-corrected chi connectivity index (χ2v) is 5.21. The van der Waals surface area contributed by atoms with Crippen molar-refractivity contribution < 1.29 is 4.79 Å². The van der Waals surface area contributed by atoms with Crippen LogP contribution in [-0.2, 0) is 4.79 Å². The summed E-state index contributed by atoms with van der Waals surface area (Å²) < 4.78 is 0. The molecule has 1 heterocycles. The van der Waals surface area contributed by atoms with Crippen LogP contribution < -0.4 is 0 Å². The molecule has 80 valence electrons. The zero-order valence-corrected chi connectivity index (χ0v) is 9.49. The van der Waals surface area contributed by atoms with E-state index in [0.717, 1.165) is 25.4 Å². The van der Waals surface area contributed by atoms with E-state index in [1.165, 1.54) is 6.42 Å². The van der Waals surface area contributed by atoms with Crippen LogP contribution in [0.4, 0.5) is 0 Å². The lowest BCUT2D eigenvalue weighted by molar-refractivity contribution is -0.132. The predicted molar refractivity (Wildman–Crippen MR) is 56.8 cm³/mol. The average Bonchev–Trinajstić information content (AvgIpc) is 2.75. The van der Waals surface area contributed by atoms with Crippen LogP contribution in [0.25, 0.3) is 0 Å². The number of carbonyl (C=O) groups excluding carboxylic acids is 1. The second-order valence-electron chi connectivity index (χ2n) is 5.21. The first-order chi connectivity index (χ1) is 6.63. The lowest BCUT2D eigenvalue weighted by Gasteiger charge is -2.15. The monoisotopic (exact) mass is 195 g/mol. The molecule has 1 amide bonds. The molecule has 0 aromatic rings. The van der Waals surface area contributed by atoms with Crippen LogP contribution in [0.15, 0.2) is 0 Å². The van der Waals surface area contributed by atoms with E-state index in [1.807, 2.05) is 0 Å². The zero-order valence-electron chi connectivity index (χ0n) is 9.49. The summed E-state index contributed by atoms with van der Waals surface area (Å²) in [7, 11) is 0. The Hall–Kier alpha value is -0.530. The van der Waals surface area contributed by atoms with Gasteiger partial charge in [-0.05, 0) is 24.2 Å². The molecule has 0 N–H and O–H groups in total. The number of nitrogens with zero attached hydrogens (tertiary/aromatic N) is 1. The van der Waals surface area contributed by atoms with Crippen molar-refractivity contribution in [3.05, 3.63) is 0 Å². The quantitative estimate of drug-likeness (QED) is 0.661. The molecule has 0 spiro atoms. The minimum Gasteiger partial charge on any atom is -0.342 e. The summed E-state index contributed by atoms with van der Waals surface area (Å²) in [5.41, 5.74) is 0. The van der Waals surface area contributed by atoms with Gasteiger partial charge in [-0.2, -0.15) is 0 Å². The summed E-state index contributed by atoms with van der Waals surface area (Å²) in [5, 5.41) is 0. The molecule has 2 aliphatic rings. The third-order valence-corrected chi connectivity index (χ3v) is 4.03. The molecular formula is C12H21NO. The topological polar surface area (TPSA) is 20.3 Å². The number of amides is 1. The summed E-state index contributed by atoms with van der Waals surface area (Å²) in [4.78, 5) is 14.1. The molecule has 0 radical (unpaired) electrons. The molecule has 2 fully saturated rings. The summed E-state index contributed by atoms with van der Waals surface area (Å²) in [6.45, 7) is 8.70. The molecule has 0 bridgehead atoms. The van der Waals surface area contributed by atoms with Crippen molar-refractivity contribution in [2.75, 3.05) is 13.1 Å². The molecular weight excluding hydrogens is 174 g/mol. The first-order valence-electron chi connectivity index (χ1n) is 5.92. The van der Waals surface area contributed by atoms with Gasteiger partial charge in [-0.1, -0.05) is 27.2 Å². The van der Waals surface area contributed by atoms with Crippen LogP contribution in [0, 0.1) is 23.7 Å². The average molecular weight is 195 g/mol. The Balaban J connectivity index is 1.91. The van der Waals surface area contributed by atoms with Gasteiger partial charge in [-0.3, -0.25) is 4.79 Å². The first kappa shape index (κ1) is 10.0. The van der Waals surface area contributed by atoms with E-state index in [9.17, 15) is 4.79 Å². The van der Waals surface area contributed by atoms with Gasteiger partial charge in [0.2, 0.25) is 5.91 Å². The van der Waals surface area contributed by atoms with E-state index in [2.05, 4.69) is 25.7 Å². The maximum absolute atomic E-state index is 12.0. The number of rotatable bonds is 2. The largest absolute Gasteiger partial charge is 0.342 e. The van der Waals surface area contributed by atoms with Crippen molar-refractivity contribution in [1.82, 2.24) is 4.90 Å². The normalized spacial score (nSPS) is 41.5. The molecule has 1 aliphatic heterocycles. The van der Waals surface area contributed by atoms with E-state index in [1.54, 1.807) is 0 Å². The van der Waals surface area contributed by atoms with Gasteiger partial charge < -0.3 is 4.90 Å². The molecule has 1 saturated heterocycles. The number of carbonyl (C=O) groups is 1. The second kappa shape index (κ2) is 3.56. The summed E-state index contributed by atoms with van der Waals surface area (Å²) >= 11 is 0. The highest BCUT2D eigenvalue weighted by Gasteiger charge is 2.43. The number of likely N-dealkylation sites (tertiary alicyclic amines) is 1. The third-order valence-electron chi connectivity index (χ3n) is 4.03. The van der Waals surface area contributed by atoms with Gasteiger partial charge in [-0.15, -0.1) is 0 Å². The smallest absolute Gasteiger partial charge is 0.225 e. The van der Waals surface area contributed by atoms with Crippen LogP contribution in [0.5, 0.6) is 0 Å². The van der Waals surface area contributed by atoms with Crippen LogP contribution >= 0.6 is 0 Å². The molecule has 0 aromatic carbocycles. The zero-order chi connectivity index (χ0) is 10.3. The van der Waals surface area contributed by atoms with Gasteiger partial charge in [0.1, 0.15) is 0 Å². The molecule has 2 unspecified atom stereocenters. The molecule has 1 saturated carbocycles. The standard InChI is InChI=1S/C12H21NO/c1-4-10-7-13(6-9(10)3)12(14)11-5-8(11)2/h8-11H,4-7H2,1-3H3/t8?,9-,10+,11?/m1/s1. The molecule has 2 heteroatoms. The van der Waals surface area contributed by atoms with E-state index in [4.69, 9.17) is 0 Å². The Kier molecular flexibility index (Phi) is 2.54. The minimum absolute atomic E-state index is 0.373.